The lowest BCUT2D eigenvalue weighted by Gasteiger charge is -2.26. The Balaban J connectivity index is 1.56. The Kier molecular flexibility index (Phi) is 8.03. The number of sulfonamides is 2. The van der Waals surface area contributed by atoms with Gasteiger partial charge in [-0.2, -0.15) is 0 Å². The summed E-state index contributed by atoms with van der Waals surface area (Å²) in [6, 6.07) is 20.5. The van der Waals surface area contributed by atoms with Crippen molar-refractivity contribution in [3.05, 3.63) is 108 Å². The topological polar surface area (TPSA) is 126 Å². The summed E-state index contributed by atoms with van der Waals surface area (Å²) in [6.07, 6.45) is 2.92. The number of anilines is 3. The molecule has 0 aliphatic heterocycles. The fraction of sp³-hybridized carbons (Fsp3) is 0.143. The fourth-order valence-electron chi connectivity index (χ4n) is 3.91. The number of carbonyl (C=O) groups is 1. The number of rotatable bonds is 9. The Morgan fingerprint density at radius 1 is 0.795 bits per heavy atom. The molecular weight excluding hydrogens is 536 g/mol. The van der Waals surface area contributed by atoms with Crippen LogP contribution < -0.4 is 14.3 Å². The Morgan fingerprint density at radius 2 is 1.44 bits per heavy atom. The Bertz CT molecular complexity index is 1690. The highest BCUT2D eigenvalue weighted by Crippen LogP contribution is 2.28. The summed E-state index contributed by atoms with van der Waals surface area (Å²) in [5, 5.41) is 2.66. The van der Waals surface area contributed by atoms with Crippen molar-refractivity contribution in [2.24, 2.45) is 0 Å². The minimum Gasteiger partial charge on any atom is -0.325 e. The van der Waals surface area contributed by atoms with Gasteiger partial charge in [0.25, 0.3) is 20.0 Å². The molecule has 1 amide bonds. The lowest BCUT2D eigenvalue weighted by molar-refractivity contribution is -0.114. The van der Waals surface area contributed by atoms with E-state index in [1.165, 1.54) is 48.8 Å². The lowest BCUT2D eigenvalue weighted by atomic mass is 10.1. The molecule has 39 heavy (non-hydrogen) atoms. The van der Waals surface area contributed by atoms with E-state index in [2.05, 4.69) is 15.0 Å². The van der Waals surface area contributed by atoms with E-state index in [4.69, 9.17) is 0 Å². The zero-order valence-corrected chi connectivity index (χ0v) is 23.3. The molecule has 0 bridgehead atoms. The average molecular weight is 565 g/mol. The van der Waals surface area contributed by atoms with Crippen molar-refractivity contribution < 1.29 is 21.6 Å². The van der Waals surface area contributed by atoms with E-state index in [1.54, 1.807) is 43.3 Å². The smallest absolute Gasteiger partial charge is 0.264 e. The number of nitrogens with one attached hydrogen (secondary N) is 2. The molecule has 0 saturated heterocycles. The van der Waals surface area contributed by atoms with Crippen molar-refractivity contribution in [2.75, 3.05) is 20.9 Å². The predicted octanol–water partition coefficient (Wildman–Crippen LogP) is 4.64. The van der Waals surface area contributed by atoms with Gasteiger partial charge in [0.1, 0.15) is 6.54 Å². The van der Waals surface area contributed by atoms with Gasteiger partial charge in [-0.3, -0.25) is 18.8 Å². The van der Waals surface area contributed by atoms with Gasteiger partial charge in [-0.25, -0.2) is 16.8 Å². The third-order valence-corrected chi connectivity index (χ3v) is 9.05. The van der Waals surface area contributed by atoms with E-state index in [-0.39, 0.29) is 9.79 Å². The maximum absolute atomic E-state index is 13.6. The third-order valence-electron chi connectivity index (χ3n) is 5.88. The van der Waals surface area contributed by atoms with Crippen LogP contribution in [-0.2, 0) is 24.8 Å². The maximum Gasteiger partial charge on any atom is 0.264 e. The number of pyridine rings is 1. The zero-order chi connectivity index (χ0) is 28.2. The van der Waals surface area contributed by atoms with Crippen molar-refractivity contribution in [3.8, 4) is 0 Å². The molecule has 11 heteroatoms. The highest BCUT2D eigenvalue weighted by molar-refractivity contribution is 7.93. The lowest BCUT2D eigenvalue weighted by Crippen LogP contribution is -2.38. The average Bonchev–Trinajstić information content (AvgIpc) is 2.88. The van der Waals surface area contributed by atoms with Crippen molar-refractivity contribution in [1.29, 1.82) is 0 Å². The summed E-state index contributed by atoms with van der Waals surface area (Å²) in [5.74, 6) is -0.588. The molecule has 9 nitrogen and oxygen atoms in total. The van der Waals surface area contributed by atoms with Gasteiger partial charge in [0.05, 0.1) is 27.4 Å². The second-order valence-corrected chi connectivity index (χ2v) is 12.6. The summed E-state index contributed by atoms with van der Waals surface area (Å²) in [7, 11) is -7.93. The van der Waals surface area contributed by atoms with Crippen LogP contribution in [0.25, 0.3) is 0 Å². The first-order valence-electron chi connectivity index (χ1n) is 12.0. The standard InChI is InChI=1S/C28H28N4O5S2/c1-20-6-11-26(12-7-20)39(36,37)32(27-15-8-21(2)17-22(27)3)19-28(33)30-23-9-13-25(14-10-23)38(34,35)31-24-5-4-16-29-18-24/h4-18,31H,19H2,1-3H3,(H,30,33). The molecule has 1 aromatic heterocycles. The van der Waals surface area contributed by atoms with Crippen LogP contribution in [0.4, 0.5) is 17.1 Å². The molecule has 0 unspecified atom stereocenters. The Morgan fingerprint density at radius 3 is 2.05 bits per heavy atom. The summed E-state index contributed by atoms with van der Waals surface area (Å²) in [6.45, 7) is 5.06. The first-order chi connectivity index (χ1) is 18.5. The first kappa shape index (κ1) is 27.8. The van der Waals surface area contributed by atoms with Crippen LogP contribution in [0.1, 0.15) is 16.7 Å². The predicted molar refractivity (Wildman–Crippen MR) is 152 cm³/mol. The number of aryl methyl sites for hydroxylation is 3. The van der Waals surface area contributed by atoms with Crippen LogP contribution in [0.5, 0.6) is 0 Å². The van der Waals surface area contributed by atoms with E-state index in [0.717, 1.165) is 15.4 Å². The molecule has 0 atom stereocenters. The minimum absolute atomic E-state index is 0.0109. The van der Waals surface area contributed by atoms with Gasteiger partial charge in [-0.15, -0.1) is 0 Å². The van der Waals surface area contributed by atoms with E-state index >= 15 is 0 Å². The molecule has 2 N–H and O–H groups in total. The number of benzene rings is 3. The molecule has 202 valence electrons. The second-order valence-electron chi connectivity index (χ2n) is 9.03. The van der Waals surface area contributed by atoms with Crippen molar-refractivity contribution >= 4 is 43.0 Å². The van der Waals surface area contributed by atoms with Crippen LogP contribution in [-0.4, -0.2) is 34.3 Å². The van der Waals surface area contributed by atoms with Crippen LogP contribution >= 0.6 is 0 Å². The van der Waals surface area contributed by atoms with E-state index in [1.807, 2.05) is 19.9 Å². The molecule has 0 aliphatic carbocycles. The monoisotopic (exact) mass is 564 g/mol. The molecule has 4 aromatic rings. The van der Waals surface area contributed by atoms with E-state index in [9.17, 15) is 21.6 Å². The molecule has 0 radical (unpaired) electrons. The van der Waals surface area contributed by atoms with Gasteiger partial charge in [0.2, 0.25) is 5.91 Å². The number of aromatic nitrogens is 1. The Hall–Kier alpha value is -4.22. The van der Waals surface area contributed by atoms with Gasteiger partial charge in [-0.1, -0.05) is 35.4 Å². The summed E-state index contributed by atoms with van der Waals surface area (Å²) in [5.41, 5.74) is 3.59. The first-order valence-corrected chi connectivity index (χ1v) is 14.9. The van der Waals surface area contributed by atoms with Crippen molar-refractivity contribution in [3.63, 3.8) is 0 Å². The summed E-state index contributed by atoms with van der Waals surface area (Å²) < 4.78 is 56.1. The molecule has 0 fully saturated rings. The molecular formula is C28H28N4O5S2. The van der Waals surface area contributed by atoms with E-state index < -0.39 is 32.5 Å². The highest BCUT2D eigenvalue weighted by atomic mass is 32.2. The molecule has 0 aliphatic rings. The van der Waals surface area contributed by atoms with Gasteiger partial charge in [0, 0.05) is 11.9 Å². The molecule has 3 aromatic carbocycles. The number of carbonyl (C=O) groups excluding carboxylic acids is 1. The summed E-state index contributed by atoms with van der Waals surface area (Å²) in [4.78, 5) is 17.0. The summed E-state index contributed by atoms with van der Waals surface area (Å²) >= 11 is 0. The number of hydrogen-bond acceptors (Lipinski definition) is 6. The van der Waals surface area contributed by atoms with Gasteiger partial charge in [-0.05, 0) is 80.9 Å². The largest absolute Gasteiger partial charge is 0.325 e. The highest BCUT2D eigenvalue weighted by Gasteiger charge is 2.28. The van der Waals surface area contributed by atoms with Crippen molar-refractivity contribution in [1.82, 2.24) is 4.98 Å². The van der Waals surface area contributed by atoms with Crippen LogP contribution in [0, 0.1) is 20.8 Å². The van der Waals surface area contributed by atoms with Crippen LogP contribution in [0.2, 0.25) is 0 Å². The van der Waals surface area contributed by atoms with Gasteiger partial charge in [0.15, 0.2) is 0 Å². The van der Waals surface area contributed by atoms with Crippen LogP contribution in [0.15, 0.2) is 101 Å². The fourth-order valence-corrected chi connectivity index (χ4v) is 6.44. The van der Waals surface area contributed by atoms with Gasteiger partial charge >= 0.3 is 0 Å². The molecule has 1 heterocycles. The maximum atomic E-state index is 13.6. The molecule has 0 spiro atoms. The second kappa shape index (κ2) is 11.3. The van der Waals surface area contributed by atoms with Gasteiger partial charge < -0.3 is 5.32 Å². The Labute approximate surface area is 228 Å². The zero-order valence-electron chi connectivity index (χ0n) is 21.6. The number of amides is 1. The number of hydrogen-bond donors (Lipinski definition) is 2. The third kappa shape index (κ3) is 6.62. The molecule has 0 saturated carbocycles. The normalized spacial score (nSPS) is 11.6. The molecule has 4 rings (SSSR count). The van der Waals surface area contributed by atoms with Crippen molar-refractivity contribution in [2.45, 2.75) is 30.6 Å². The van der Waals surface area contributed by atoms with E-state index in [0.29, 0.717) is 22.6 Å². The quantitative estimate of drug-likeness (QED) is 0.305. The van der Waals surface area contributed by atoms with Crippen LogP contribution in [0.3, 0.4) is 0 Å². The SMILES string of the molecule is Cc1ccc(S(=O)(=O)N(CC(=O)Nc2ccc(S(=O)(=O)Nc3cccnc3)cc2)c2ccc(C)cc2C)cc1. The minimum atomic E-state index is -4.07. The number of nitrogens with zero attached hydrogens (tertiary/aromatic N) is 2.